The molecule has 1 atom stereocenters. The van der Waals surface area contributed by atoms with E-state index in [0.717, 1.165) is 21.8 Å². The summed E-state index contributed by atoms with van der Waals surface area (Å²) in [6.45, 7) is 0. The Bertz CT molecular complexity index is 764. The molecule has 0 amide bonds. The van der Waals surface area contributed by atoms with Crippen molar-refractivity contribution >= 4 is 40.1 Å². The van der Waals surface area contributed by atoms with Crippen LogP contribution in [0.1, 0.15) is 27.0 Å². The summed E-state index contributed by atoms with van der Waals surface area (Å²) in [7, 11) is 0. The van der Waals surface area contributed by atoms with Crippen molar-refractivity contribution in [3.8, 4) is 0 Å². The molecule has 0 bridgehead atoms. The van der Waals surface area contributed by atoms with Crippen molar-refractivity contribution in [1.82, 2.24) is 15.6 Å². The molecule has 1 aromatic heterocycles. The van der Waals surface area contributed by atoms with Gasteiger partial charge in [-0.3, -0.25) is 4.79 Å². The minimum atomic E-state index is -0.265. The number of nitrogens with zero attached hydrogens (tertiary/aromatic N) is 1. The molecule has 2 heterocycles. The summed E-state index contributed by atoms with van der Waals surface area (Å²) in [4.78, 5) is 17.0. The van der Waals surface area contributed by atoms with Gasteiger partial charge in [0.25, 0.3) is 0 Å². The molecule has 0 saturated heterocycles. The van der Waals surface area contributed by atoms with Gasteiger partial charge in [0.1, 0.15) is 11.0 Å². The molecule has 4 nitrogen and oxygen atoms in total. The molecule has 1 aliphatic carbocycles. The Hall–Kier alpha value is -2.05. The number of hydrogen-bond acceptors (Lipinski definition) is 4. The van der Waals surface area contributed by atoms with Gasteiger partial charge in [0.05, 0.1) is 11.3 Å². The standard InChI is InChI=1S/C14H9N3OS2/c18-12-8-4-2-1-3-7(8)10-9(12)11(17-14(19)16-10)13-15-5-6-20-13/h1-6,11H,(H2,16,17,19). The first-order valence-electron chi connectivity index (χ1n) is 6.11. The number of fused-ring (bicyclic) bond motifs is 2. The zero-order chi connectivity index (χ0) is 13.7. The molecule has 20 heavy (non-hydrogen) atoms. The summed E-state index contributed by atoms with van der Waals surface area (Å²) < 4.78 is 0. The van der Waals surface area contributed by atoms with Gasteiger partial charge in [0.2, 0.25) is 0 Å². The second-order valence-electron chi connectivity index (χ2n) is 4.57. The van der Waals surface area contributed by atoms with Gasteiger partial charge in [0, 0.05) is 22.7 Å². The topological polar surface area (TPSA) is 54.0 Å². The minimum Gasteiger partial charge on any atom is -0.349 e. The van der Waals surface area contributed by atoms with Crippen LogP contribution in [0, 0.1) is 0 Å². The summed E-state index contributed by atoms with van der Waals surface area (Å²) in [6.07, 6.45) is 1.74. The van der Waals surface area contributed by atoms with Crippen LogP contribution < -0.4 is 10.6 Å². The first-order chi connectivity index (χ1) is 9.75. The molecule has 4 rings (SSSR count). The lowest BCUT2D eigenvalue weighted by molar-refractivity contribution is 0.103. The van der Waals surface area contributed by atoms with Gasteiger partial charge < -0.3 is 10.6 Å². The number of thiocarbonyl (C=S) groups is 1. The van der Waals surface area contributed by atoms with E-state index in [9.17, 15) is 4.79 Å². The molecule has 1 aliphatic heterocycles. The van der Waals surface area contributed by atoms with Crippen LogP contribution in [0.25, 0.3) is 5.70 Å². The minimum absolute atomic E-state index is 0.0401. The van der Waals surface area contributed by atoms with E-state index >= 15 is 0 Å². The fourth-order valence-electron chi connectivity index (χ4n) is 2.63. The molecule has 0 saturated carbocycles. The maximum absolute atomic E-state index is 12.6. The van der Waals surface area contributed by atoms with Crippen molar-refractivity contribution in [3.63, 3.8) is 0 Å². The van der Waals surface area contributed by atoms with Gasteiger partial charge in [-0.25, -0.2) is 4.98 Å². The van der Waals surface area contributed by atoms with E-state index in [2.05, 4.69) is 15.6 Å². The number of aromatic nitrogens is 1. The smallest absolute Gasteiger partial charge is 0.194 e. The number of hydrogen-bond donors (Lipinski definition) is 2. The van der Waals surface area contributed by atoms with Crippen LogP contribution in [0.15, 0.2) is 41.4 Å². The average Bonchev–Trinajstić information content (AvgIpc) is 3.07. The van der Waals surface area contributed by atoms with Gasteiger partial charge in [-0.1, -0.05) is 24.3 Å². The Morgan fingerprint density at radius 1 is 1.25 bits per heavy atom. The predicted octanol–water partition coefficient (Wildman–Crippen LogP) is 2.27. The highest BCUT2D eigenvalue weighted by molar-refractivity contribution is 7.80. The van der Waals surface area contributed by atoms with Crippen LogP contribution in [0.3, 0.4) is 0 Å². The molecule has 6 heteroatoms. The van der Waals surface area contributed by atoms with E-state index in [1.807, 2.05) is 29.6 Å². The van der Waals surface area contributed by atoms with Gasteiger partial charge in [-0.15, -0.1) is 11.3 Å². The number of thiazole rings is 1. The Morgan fingerprint density at radius 3 is 2.80 bits per heavy atom. The van der Waals surface area contributed by atoms with Crippen molar-refractivity contribution in [2.45, 2.75) is 6.04 Å². The van der Waals surface area contributed by atoms with E-state index < -0.39 is 0 Å². The molecular formula is C14H9N3OS2. The van der Waals surface area contributed by atoms with Crippen LogP contribution in [0.4, 0.5) is 0 Å². The van der Waals surface area contributed by atoms with Crippen molar-refractivity contribution in [1.29, 1.82) is 0 Å². The Labute approximate surface area is 124 Å². The highest BCUT2D eigenvalue weighted by atomic mass is 32.1. The molecule has 0 fully saturated rings. The van der Waals surface area contributed by atoms with Crippen molar-refractivity contribution in [2.75, 3.05) is 0 Å². The summed E-state index contributed by atoms with van der Waals surface area (Å²) in [5.74, 6) is 0.0401. The second kappa shape index (κ2) is 4.22. The molecule has 2 aromatic rings. The number of carbonyl (C=O) groups excluding carboxylic acids is 1. The van der Waals surface area contributed by atoms with Crippen molar-refractivity contribution < 1.29 is 4.79 Å². The van der Waals surface area contributed by atoms with Crippen LogP contribution in [0.2, 0.25) is 0 Å². The van der Waals surface area contributed by atoms with Crippen LogP contribution in [-0.4, -0.2) is 15.9 Å². The number of Topliss-reactive ketones (excluding diaryl/α,β-unsaturated/α-hetero) is 1. The summed E-state index contributed by atoms with van der Waals surface area (Å²) in [5.41, 5.74) is 3.15. The lowest BCUT2D eigenvalue weighted by atomic mass is 10.0. The Balaban J connectivity index is 1.92. The average molecular weight is 299 g/mol. The molecular weight excluding hydrogens is 290 g/mol. The number of benzene rings is 1. The molecule has 0 spiro atoms. The quantitative estimate of drug-likeness (QED) is 0.791. The van der Waals surface area contributed by atoms with E-state index in [1.54, 1.807) is 6.20 Å². The van der Waals surface area contributed by atoms with Crippen molar-refractivity contribution in [2.24, 2.45) is 0 Å². The number of carbonyl (C=O) groups is 1. The maximum Gasteiger partial charge on any atom is 0.194 e. The zero-order valence-electron chi connectivity index (χ0n) is 10.2. The number of ketones is 1. The van der Waals surface area contributed by atoms with Crippen LogP contribution in [0.5, 0.6) is 0 Å². The molecule has 2 N–H and O–H groups in total. The second-order valence-corrected chi connectivity index (χ2v) is 5.90. The lowest BCUT2D eigenvalue weighted by Crippen LogP contribution is -2.43. The third-order valence-electron chi connectivity index (χ3n) is 3.46. The van der Waals surface area contributed by atoms with Crippen LogP contribution in [-0.2, 0) is 0 Å². The molecule has 1 unspecified atom stereocenters. The van der Waals surface area contributed by atoms with E-state index in [0.29, 0.717) is 10.7 Å². The summed E-state index contributed by atoms with van der Waals surface area (Å²) in [6, 6.07) is 7.32. The zero-order valence-corrected chi connectivity index (χ0v) is 11.8. The Morgan fingerprint density at radius 2 is 2.05 bits per heavy atom. The Kier molecular flexibility index (Phi) is 2.48. The molecule has 98 valence electrons. The fraction of sp³-hybridized carbons (Fsp3) is 0.0714. The maximum atomic E-state index is 12.6. The van der Waals surface area contributed by atoms with Gasteiger partial charge in [-0.05, 0) is 12.2 Å². The van der Waals surface area contributed by atoms with E-state index in [4.69, 9.17) is 12.2 Å². The molecule has 1 aromatic carbocycles. The van der Waals surface area contributed by atoms with E-state index in [1.165, 1.54) is 11.3 Å². The number of nitrogens with one attached hydrogen (secondary N) is 2. The normalized spacial score (nSPS) is 20.3. The SMILES string of the molecule is O=C1C2=C(NC(=S)NC2c2nccs2)c2ccccc21. The third-order valence-corrected chi connectivity index (χ3v) is 4.52. The van der Waals surface area contributed by atoms with Crippen LogP contribution >= 0.6 is 23.6 Å². The summed E-state index contributed by atoms with van der Waals surface area (Å²) >= 11 is 6.77. The van der Waals surface area contributed by atoms with Crippen molar-refractivity contribution in [3.05, 3.63) is 57.6 Å². The first kappa shape index (κ1) is 11.7. The largest absolute Gasteiger partial charge is 0.349 e. The molecule has 0 radical (unpaired) electrons. The monoisotopic (exact) mass is 299 g/mol. The number of rotatable bonds is 1. The highest BCUT2D eigenvalue weighted by Gasteiger charge is 2.39. The molecule has 2 aliphatic rings. The van der Waals surface area contributed by atoms with Gasteiger partial charge >= 0.3 is 0 Å². The third kappa shape index (κ3) is 1.55. The summed E-state index contributed by atoms with van der Waals surface area (Å²) in [5, 5.41) is 9.53. The first-order valence-corrected chi connectivity index (χ1v) is 7.39. The highest BCUT2D eigenvalue weighted by Crippen LogP contribution is 2.40. The fourth-order valence-corrected chi connectivity index (χ4v) is 3.54. The van der Waals surface area contributed by atoms with Gasteiger partial charge in [-0.2, -0.15) is 0 Å². The predicted molar refractivity (Wildman–Crippen MR) is 81.4 cm³/mol. The van der Waals surface area contributed by atoms with Gasteiger partial charge in [0.15, 0.2) is 10.9 Å². The van der Waals surface area contributed by atoms with E-state index in [-0.39, 0.29) is 11.8 Å². The lowest BCUT2D eigenvalue weighted by Gasteiger charge is -2.26.